The Kier molecular flexibility index (Phi) is 6.98. The van der Waals surface area contributed by atoms with Gasteiger partial charge < -0.3 is 15.2 Å². The van der Waals surface area contributed by atoms with Crippen LogP contribution in [0, 0.1) is 0 Å². The maximum absolute atomic E-state index is 12.3. The van der Waals surface area contributed by atoms with E-state index in [0.717, 1.165) is 18.4 Å². The number of aryl methyl sites for hydroxylation is 2. The molecule has 2 rings (SSSR count). The number of carbonyl (C=O) groups is 2. The van der Waals surface area contributed by atoms with Crippen LogP contribution in [-0.4, -0.2) is 36.7 Å². The van der Waals surface area contributed by atoms with Crippen molar-refractivity contribution >= 4 is 11.9 Å². The van der Waals surface area contributed by atoms with Gasteiger partial charge in [0.05, 0.1) is 6.61 Å². The van der Waals surface area contributed by atoms with Crippen LogP contribution in [0.3, 0.4) is 0 Å². The fourth-order valence-electron chi connectivity index (χ4n) is 2.37. The maximum Gasteiger partial charge on any atom is 0.329 e. The number of nitrogens with one attached hydrogen (secondary N) is 1. The van der Waals surface area contributed by atoms with E-state index in [0.29, 0.717) is 5.56 Å². The van der Waals surface area contributed by atoms with Gasteiger partial charge in [0.1, 0.15) is 6.61 Å². The molecule has 2 aromatic carbocycles. The molecule has 0 heterocycles. The minimum atomic E-state index is -1.02. The number of hydrogen-bond donors (Lipinski definition) is 2. The van der Waals surface area contributed by atoms with Crippen LogP contribution in [0.5, 0.6) is 0 Å². The molecule has 1 amide bonds. The van der Waals surface area contributed by atoms with Crippen molar-refractivity contribution in [2.75, 3.05) is 19.8 Å². The number of carbonyl (C=O) groups excluding carboxylic acids is 1. The lowest BCUT2D eigenvalue weighted by Crippen LogP contribution is -2.28. The van der Waals surface area contributed by atoms with Crippen LogP contribution in [0.2, 0.25) is 0 Å². The van der Waals surface area contributed by atoms with E-state index in [1.165, 1.54) is 5.56 Å². The predicted octanol–water partition coefficient (Wildman–Crippen LogP) is 2.30. The zero-order chi connectivity index (χ0) is 17.2. The first-order valence-corrected chi connectivity index (χ1v) is 7.86. The highest BCUT2D eigenvalue weighted by Gasteiger charge is 2.10. The molecule has 5 nitrogen and oxygen atoms in total. The summed E-state index contributed by atoms with van der Waals surface area (Å²) in [4.78, 5) is 22.6. The van der Waals surface area contributed by atoms with Crippen molar-refractivity contribution < 1.29 is 19.4 Å². The Morgan fingerprint density at radius 2 is 1.67 bits per heavy atom. The summed E-state index contributed by atoms with van der Waals surface area (Å²) in [5.41, 5.74) is 2.87. The third-order valence-corrected chi connectivity index (χ3v) is 3.55. The molecular weight excluding hydrogens is 306 g/mol. The summed E-state index contributed by atoms with van der Waals surface area (Å²) in [6.07, 6.45) is 1.65. The van der Waals surface area contributed by atoms with E-state index in [9.17, 15) is 9.59 Å². The second-order valence-corrected chi connectivity index (χ2v) is 5.34. The average molecular weight is 327 g/mol. The number of benzene rings is 2. The number of rotatable bonds is 9. The molecule has 24 heavy (non-hydrogen) atoms. The number of carboxylic acid groups (broad SMARTS) is 1. The zero-order valence-corrected chi connectivity index (χ0v) is 13.4. The first-order chi connectivity index (χ1) is 11.7. The van der Waals surface area contributed by atoms with Gasteiger partial charge in [-0.15, -0.1) is 0 Å². The van der Waals surface area contributed by atoms with Crippen molar-refractivity contribution in [1.82, 2.24) is 5.32 Å². The van der Waals surface area contributed by atoms with E-state index >= 15 is 0 Å². The van der Waals surface area contributed by atoms with Gasteiger partial charge in [0.25, 0.3) is 5.91 Å². The van der Waals surface area contributed by atoms with E-state index in [-0.39, 0.29) is 25.7 Å². The van der Waals surface area contributed by atoms with E-state index < -0.39 is 5.97 Å². The molecule has 0 aliphatic rings. The monoisotopic (exact) mass is 327 g/mol. The van der Waals surface area contributed by atoms with Crippen LogP contribution in [0.1, 0.15) is 21.5 Å². The van der Waals surface area contributed by atoms with Crippen LogP contribution >= 0.6 is 0 Å². The molecule has 0 saturated heterocycles. The first kappa shape index (κ1) is 17.7. The van der Waals surface area contributed by atoms with Crippen LogP contribution in [0.25, 0.3) is 0 Å². The van der Waals surface area contributed by atoms with E-state index in [1.54, 1.807) is 6.07 Å². The maximum atomic E-state index is 12.3. The molecule has 126 valence electrons. The summed E-state index contributed by atoms with van der Waals surface area (Å²) < 4.78 is 4.90. The van der Waals surface area contributed by atoms with Gasteiger partial charge in [-0.1, -0.05) is 48.5 Å². The molecule has 0 atom stereocenters. The fraction of sp³-hybridized carbons (Fsp3) is 0.263. The molecule has 0 aliphatic carbocycles. The Labute approximate surface area is 141 Å². The predicted molar refractivity (Wildman–Crippen MR) is 91.1 cm³/mol. The highest BCUT2D eigenvalue weighted by molar-refractivity contribution is 5.95. The quantitative estimate of drug-likeness (QED) is 0.693. The van der Waals surface area contributed by atoms with Crippen LogP contribution < -0.4 is 5.32 Å². The summed E-state index contributed by atoms with van der Waals surface area (Å²) >= 11 is 0. The average Bonchev–Trinajstić information content (AvgIpc) is 2.60. The number of carboxylic acids is 1. The lowest BCUT2D eigenvalue weighted by molar-refractivity contribution is -0.142. The highest BCUT2D eigenvalue weighted by Crippen LogP contribution is 2.12. The van der Waals surface area contributed by atoms with Crippen LogP contribution in [0.15, 0.2) is 54.6 Å². The number of ether oxygens (including phenoxy) is 1. The second-order valence-electron chi connectivity index (χ2n) is 5.34. The first-order valence-electron chi connectivity index (χ1n) is 7.86. The Bertz CT molecular complexity index is 670. The van der Waals surface area contributed by atoms with Gasteiger partial charge in [-0.2, -0.15) is 0 Å². The van der Waals surface area contributed by atoms with Gasteiger partial charge in [-0.05, 0) is 30.0 Å². The Morgan fingerprint density at radius 3 is 2.42 bits per heavy atom. The van der Waals surface area contributed by atoms with Gasteiger partial charge in [0.15, 0.2) is 0 Å². The zero-order valence-electron chi connectivity index (χ0n) is 13.4. The minimum Gasteiger partial charge on any atom is -0.480 e. The van der Waals surface area contributed by atoms with Crippen molar-refractivity contribution in [3.8, 4) is 0 Å². The molecule has 0 saturated carbocycles. The smallest absolute Gasteiger partial charge is 0.329 e. The van der Waals surface area contributed by atoms with Gasteiger partial charge >= 0.3 is 5.97 Å². The molecule has 5 heteroatoms. The van der Waals surface area contributed by atoms with Gasteiger partial charge in [-0.25, -0.2) is 4.79 Å². The topological polar surface area (TPSA) is 75.6 Å². The van der Waals surface area contributed by atoms with Gasteiger partial charge in [-0.3, -0.25) is 4.79 Å². The van der Waals surface area contributed by atoms with E-state index in [1.807, 2.05) is 36.4 Å². The second kappa shape index (κ2) is 9.47. The van der Waals surface area contributed by atoms with E-state index in [4.69, 9.17) is 9.84 Å². The molecule has 0 bridgehead atoms. The third-order valence-electron chi connectivity index (χ3n) is 3.55. The third kappa shape index (κ3) is 5.85. The molecule has 0 unspecified atom stereocenters. The molecule has 0 aliphatic heterocycles. The van der Waals surface area contributed by atoms with E-state index in [2.05, 4.69) is 17.4 Å². The Hall–Kier alpha value is -2.66. The van der Waals surface area contributed by atoms with Gasteiger partial charge in [0, 0.05) is 12.1 Å². The summed E-state index contributed by atoms with van der Waals surface area (Å²) in [5.74, 6) is -1.19. The molecule has 2 aromatic rings. The van der Waals surface area contributed by atoms with Crippen LogP contribution in [-0.2, 0) is 22.4 Å². The molecule has 2 N–H and O–H groups in total. The molecular formula is C19H21NO4. The number of amides is 1. The lowest BCUT2D eigenvalue weighted by atomic mass is 9.99. The SMILES string of the molecule is O=C(O)COCCNC(=O)c1ccccc1CCc1ccccc1. The minimum absolute atomic E-state index is 0.169. The standard InChI is InChI=1S/C19H21NO4/c21-18(22)14-24-13-12-20-19(23)17-9-5-4-8-16(17)11-10-15-6-2-1-3-7-15/h1-9H,10-14H2,(H,20,23)(H,21,22). The Balaban J connectivity index is 1.87. The lowest BCUT2D eigenvalue weighted by Gasteiger charge is -2.10. The summed E-state index contributed by atoms with van der Waals surface area (Å²) in [6, 6.07) is 17.7. The molecule has 0 radical (unpaired) electrons. The molecule has 0 spiro atoms. The van der Waals surface area contributed by atoms with Crippen molar-refractivity contribution in [2.45, 2.75) is 12.8 Å². The fourth-order valence-corrected chi connectivity index (χ4v) is 2.37. The summed E-state index contributed by atoms with van der Waals surface area (Å²) in [5, 5.41) is 11.2. The summed E-state index contributed by atoms with van der Waals surface area (Å²) in [7, 11) is 0. The molecule has 0 fully saturated rings. The number of hydrogen-bond acceptors (Lipinski definition) is 3. The van der Waals surface area contributed by atoms with Crippen molar-refractivity contribution in [3.05, 3.63) is 71.3 Å². The summed E-state index contributed by atoms with van der Waals surface area (Å²) in [6.45, 7) is 0.0902. The highest BCUT2D eigenvalue weighted by atomic mass is 16.5. The Morgan fingerprint density at radius 1 is 0.958 bits per heavy atom. The van der Waals surface area contributed by atoms with Crippen molar-refractivity contribution in [2.24, 2.45) is 0 Å². The van der Waals surface area contributed by atoms with Gasteiger partial charge in [0.2, 0.25) is 0 Å². The molecule has 0 aromatic heterocycles. The van der Waals surface area contributed by atoms with Crippen molar-refractivity contribution in [1.29, 1.82) is 0 Å². The number of aliphatic carboxylic acids is 1. The van der Waals surface area contributed by atoms with Crippen LogP contribution in [0.4, 0.5) is 0 Å². The largest absolute Gasteiger partial charge is 0.480 e. The normalized spacial score (nSPS) is 10.3. The van der Waals surface area contributed by atoms with Crippen molar-refractivity contribution in [3.63, 3.8) is 0 Å².